The first kappa shape index (κ1) is 24.4. The monoisotopic (exact) mass is 477 g/mol. The average Bonchev–Trinajstić information content (AvgIpc) is 2.85. The number of carbonyl (C=O) groups excluding carboxylic acids is 3. The van der Waals surface area contributed by atoms with Crippen molar-refractivity contribution in [3.63, 3.8) is 0 Å². The van der Waals surface area contributed by atoms with Crippen LogP contribution >= 0.6 is 0 Å². The molecule has 4 heterocycles. The zero-order valence-electron chi connectivity index (χ0n) is 20.4. The summed E-state index contributed by atoms with van der Waals surface area (Å²) in [5.41, 5.74) is 10.5. The molecule has 2 amide bonds. The first-order chi connectivity index (χ1) is 16.7. The summed E-state index contributed by atoms with van der Waals surface area (Å²) in [5.74, 6) is 0.262. The van der Waals surface area contributed by atoms with Crippen molar-refractivity contribution in [2.75, 3.05) is 26.7 Å². The topological polar surface area (TPSA) is 119 Å². The Kier molecular flexibility index (Phi) is 7.14. The molecule has 0 spiro atoms. The van der Waals surface area contributed by atoms with Crippen molar-refractivity contribution < 1.29 is 19.1 Å². The number of nitrogens with zero attached hydrogens (tertiary/aromatic N) is 4. The molecule has 0 aliphatic carbocycles. The lowest BCUT2D eigenvalue weighted by Gasteiger charge is -2.35. The summed E-state index contributed by atoms with van der Waals surface area (Å²) in [4.78, 5) is 49.1. The van der Waals surface area contributed by atoms with E-state index in [2.05, 4.69) is 9.97 Å². The zero-order valence-corrected chi connectivity index (χ0v) is 20.4. The zero-order chi connectivity index (χ0) is 25.1. The molecule has 1 saturated heterocycles. The Hall–Kier alpha value is -3.75. The largest absolute Gasteiger partial charge is 0.473 e. The molecular weight excluding hydrogens is 446 g/mol. The van der Waals surface area contributed by atoms with Crippen LogP contribution in [0.5, 0.6) is 5.88 Å². The second kappa shape index (κ2) is 10.2. The lowest BCUT2D eigenvalue weighted by atomic mass is 9.94. The SMILES string of the molecule is CC(=O)/C(COc1cc2c(cn1)CN(C(=O)C1CCC(=O)N(C)C1)CC2)=C(\N)c1ccc(C)nc1. The van der Waals surface area contributed by atoms with Crippen molar-refractivity contribution in [3.8, 4) is 5.88 Å². The fourth-order valence-electron chi connectivity index (χ4n) is 4.47. The highest BCUT2D eigenvalue weighted by atomic mass is 16.5. The van der Waals surface area contributed by atoms with Gasteiger partial charge in [0.2, 0.25) is 17.7 Å². The Balaban J connectivity index is 1.42. The maximum Gasteiger partial charge on any atom is 0.227 e. The van der Waals surface area contributed by atoms with E-state index in [1.165, 1.54) is 6.92 Å². The van der Waals surface area contributed by atoms with E-state index < -0.39 is 0 Å². The standard InChI is InChI=1S/C26H31N5O4/c1-16-4-5-19(11-28-16)25(27)22(17(2)32)15-35-23-10-18-8-9-31(14-21(18)12-29-23)26(34)20-6-7-24(33)30(3)13-20/h4-5,10-12,20H,6-9,13-15,27H2,1-3H3/b25-22-. The molecule has 4 rings (SSSR count). The summed E-state index contributed by atoms with van der Waals surface area (Å²) in [6, 6.07) is 5.53. The molecule has 184 valence electrons. The Morgan fingerprint density at radius 3 is 2.66 bits per heavy atom. The summed E-state index contributed by atoms with van der Waals surface area (Å²) in [5, 5.41) is 0. The van der Waals surface area contributed by atoms with E-state index in [4.69, 9.17) is 10.5 Å². The molecule has 9 heteroatoms. The number of aryl methyl sites for hydroxylation is 1. The van der Waals surface area contributed by atoms with Crippen LogP contribution in [0.15, 0.2) is 36.2 Å². The molecule has 1 fully saturated rings. The van der Waals surface area contributed by atoms with E-state index in [1.807, 2.05) is 30.0 Å². The van der Waals surface area contributed by atoms with E-state index in [-0.39, 0.29) is 30.1 Å². The maximum atomic E-state index is 13.0. The van der Waals surface area contributed by atoms with E-state index in [0.717, 1.165) is 16.8 Å². The van der Waals surface area contributed by atoms with Crippen LogP contribution in [0.2, 0.25) is 0 Å². The van der Waals surface area contributed by atoms with E-state index in [9.17, 15) is 14.4 Å². The Bertz CT molecular complexity index is 1170. The number of pyridine rings is 2. The van der Waals surface area contributed by atoms with Crippen molar-refractivity contribution in [1.29, 1.82) is 0 Å². The number of aromatic nitrogens is 2. The molecule has 0 aromatic carbocycles. The molecule has 2 aromatic heterocycles. The first-order valence-electron chi connectivity index (χ1n) is 11.8. The van der Waals surface area contributed by atoms with Gasteiger partial charge in [0.25, 0.3) is 0 Å². The van der Waals surface area contributed by atoms with Gasteiger partial charge in [-0.15, -0.1) is 0 Å². The van der Waals surface area contributed by atoms with Crippen LogP contribution in [0.4, 0.5) is 0 Å². The van der Waals surface area contributed by atoms with Crippen molar-refractivity contribution in [2.24, 2.45) is 11.7 Å². The van der Waals surface area contributed by atoms with Gasteiger partial charge in [0, 0.05) is 62.8 Å². The highest BCUT2D eigenvalue weighted by molar-refractivity contribution is 6.00. The summed E-state index contributed by atoms with van der Waals surface area (Å²) < 4.78 is 5.85. The quantitative estimate of drug-likeness (QED) is 0.631. The van der Waals surface area contributed by atoms with Gasteiger partial charge >= 0.3 is 0 Å². The number of hydrogen-bond acceptors (Lipinski definition) is 7. The minimum Gasteiger partial charge on any atom is -0.473 e. The summed E-state index contributed by atoms with van der Waals surface area (Å²) in [6.45, 7) is 4.90. The molecule has 1 atom stereocenters. The summed E-state index contributed by atoms with van der Waals surface area (Å²) >= 11 is 0. The van der Waals surface area contributed by atoms with Crippen molar-refractivity contribution in [2.45, 2.75) is 39.7 Å². The number of likely N-dealkylation sites (tertiary alicyclic amines) is 1. The van der Waals surface area contributed by atoms with Gasteiger partial charge in [-0.05, 0) is 49.9 Å². The number of rotatable bonds is 6. The van der Waals surface area contributed by atoms with Crippen molar-refractivity contribution >= 4 is 23.3 Å². The molecule has 2 N–H and O–H groups in total. The minimum atomic E-state index is -0.176. The number of carbonyl (C=O) groups is 3. The van der Waals surface area contributed by atoms with Gasteiger partial charge in [-0.3, -0.25) is 19.4 Å². The lowest BCUT2D eigenvalue weighted by molar-refractivity contribution is -0.142. The number of ether oxygens (including phenoxy) is 1. The van der Waals surface area contributed by atoms with Crippen LogP contribution in [0, 0.1) is 12.8 Å². The normalized spacial score (nSPS) is 18.6. The first-order valence-corrected chi connectivity index (χ1v) is 11.8. The third-order valence-electron chi connectivity index (χ3n) is 6.69. The van der Waals surface area contributed by atoms with Gasteiger partial charge in [0.15, 0.2) is 5.78 Å². The number of ketones is 1. The van der Waals surface area contributed by atoms with E-state index >= 15 is 0 Å². The third kappa shape index (κ3) is 5.50. The fraction of sp³-hybridized carbons (Fsp3) is 0.423. The molecular formula is C26H31N5O4. The minimum absolute atomic E-state index is 0.000636. The van der Waals surface area contributed by atoms with Crippen molar-refractivity contribution in [1.82, 2.24) is 19.8 Å². The second-order valence-electron chi connectivity index (χ2n) is 9.24. The summed E-state index contributed by atoms with van der Waals surface area (Å²) in [7, 11) is 1.75. The third-order valence-corrected chi connectivity index (χ3v) is 6.69. The molecule has 0 bridgehead atoms. The van der Waals surface area contributed by atoms with Crippen LogP contribution in [0.25, 0.3) is 5.70 Å². The predicted molar refractivity (Wildman–Crippen MR) is 130 cm³/mol. The molecule has 2 aromatic rings. The average molecular weight is 478 g/mol. The Morgan fingerprint density at radius 1 is 1.17 bits per heavy atom. The lowest BCUT2D eigenvalue weighted by Crippen LogP contribution is -2.46. The van der Waals surface area contributed by atoms with Crippen LogP contribution in [-0.4, -0.2) is 64.1 Å². The van der Waals surface area contributed by atoms with E-state index in [1.54, 1.807) is 24.3 Å². The number of piperidine rings is 1. The number of hydrogen-bond donors (Lipinski definition) is 1. The highest BCUT2D eigenvalue weighted by Crippen LogP contribution is 2.26. The number of nitrogens with two attached hydrogens (primary N) is 1. The van der Waals surface area contributed by atoms with Gasteiger partial charge in [-0.1, -0.05) is 0 Å². The van der Waals surface area contributed by atoms with E-state index in [0.29, 0.717) is 61.6 Å². The number of Topliss-reactive ketones (excluding diaryl/α,β-unsaturated/α-hetero) is 1. The van der Waals surface area contributed by atoms with Gasteiger partial charge < -0.3 is 20.3 Å². The van der Waals surface area contributed by atoms with Crippen LogP contribution < -0.4 is 10.5 Å². The Labute approximate surface area is 205 Å². The van der Waals surface area contributed by atoms with Crippen LogP contribution in [0.1, 0.15) is 42.1 Å². The molecule has 9 nitrogen and oxygen atoms in total. The number of amides is 2. The maximum absolute atomic E-state index is 13.0. The molecule has 2 aliphatic heterocycles. The molecule has 0 radical (unpaired) electrons. The van der Waals surface area contributed by atoms with Gasteiger partial charge in [0.1, 0.15) is 6.61 Å². The Morgan fingerprint density at radius 2 is 1.97 bits per heavy atom. The molecule has 0 saturated carbocycles. The van der Waals surface area contributed by atoms with Gasteiger partial charge in [-0.2, -0.15) is 0 Å². The van der Waals surface area contributed by atoms with Gasteiger partial charge in [0.05, 0.1) is 17.2 Å². The highest BCUT2D eigenvalue weighted by Gasteiger charge is 2.32. The molecule has 35 heavy (non-hydrogen) atoms. The smallest absolute Gasteiger partial charge is 0.227 e. The van der Waals surface area contributed by atoms with Crippen molar-refractivity contribution in [3.05, 3.63) is 58.6 Å². The fourth-order valence-corrected chi connectivity index (χ4v) is 4.47. The molecule has 1 unspecified atom stereocenters. The van der Waals surface area contributed by atoms with Crippen LogP contribution in [0.3, 0.4) is 0 Å². The second-order valence-corrected chi connectivity index (χ2v) is 9.24. The van der Waals surface area contributed by atoms with Gasteiger partial charge in [-0.25, -0.2) is 4.98 Å². The predicted octanol–water partition coefficient (Wildman–Crippen LogP) is 1.88. The van der Waals surface area contributed by atoms with Crippen LogP contribution in [-0.2, 0) is 27.3 Å². The summed E-state index contributed by atoms with van der Waals surface area (Å²) in [6.07, 6.45) is 5.07. The number of fused-ring (bicyclic) bond motifs is 1. The molecule has 2 aliphatic rings.